The van der Waals surface area contributed by atoms with Gasteiger partial charge in [-0.1, -0.05) is 18.2 Å². The number of rotatable bonds is 6. The fourth-order valence-corrected chi connectivity index (χ4v) is 4.61. The zero-order valence-corrected chi connectivity index (χ0v) is 16.8. The van der Waals surface area contributed by atoms with Crippen molar-refractivity contribution in [1.82, 2.24) is 9.71 Å². The molecule has 2 heterocycles. The molecule has 146 valence electrons. The minimum absolute atomic E-state index is 0.0458. The molecule has 0 saturated heterocycles. The van der Waals surface area contributed by atoms with Gasteiger partial charge in [0, 0.05) is 34.3 Å². The lowest BCUT2D eigenvalue weighted by Gasteiger charge is -2.09. The number of nitrogens with zero attached hydrogens (tertiary/aromatic N) is 1. The number of nitrogens with one attached hydrogen (secondary N) is 2. The van der Waals surface area contributed by atoms with Crippen molar-refractivity contribution in [3.63, 3.8) is 0 Å². The van der Waals surface area contributed by atoms with E-state index in [1.807, 2.05) is 41.8 Å². The summed E-state index contributed by atoms with van der Waals surface area (Å²) in [5.41, 5.74) is 1.70. The summed E-state index contributed by atoms with van der Waals surface area (Å²) in [7, 11) is -3.73. The van der Waals surface area contributed by atoms with Crippen LogP contribution in [-0.2, 0) is 16.6 Å². The SMILES string of the molecule is O=C(Nc1ccc2ncccc2c1)c1cccc(S(=O)(=O)NCc2cccs2)c1. The lowest BCUT2D eigenvalue weighted by molar-refractivity contribution is 0.102. The van der Waals surface area contributed by atoms with Gasteiger partial charge < -0.3 is 5.32 Å². The Hall–Kier alpha value is -3.07. The van der Waals surface area contributed by atoms with Gasteiger partial charge in [-0.2, -0.15) is 0 Å². The Bertz CT molecular complexity index is 1270. The summed E-state index contributed by atoms with van der Waals surface area (Å²) in [6, 6.07) is 18.8. The Morgan fingerprint density at radius 3 is 2.72 bits per heavy atom. The van der Waals surface area contributed by atoms with Crippen LogP contribution in [0.4, 0.5) is 5.69 Å². The third-order valence-electron chi connectivity index (χ3n) is 4.28. The maximum Gasteiger partial charge on any atom is 0.255 e. The van der Waals surface area contributed by atoms with Crippen LogP contribution in [-0.4, -0.2) is 19.3 Å². The quantitative estimate of drug-likeness (QED) is 0.490. The monoisotopic (exact) mass is 423 g/mol. The number of carbonyl (C=O) groups is 1. The van der Waals surface area contributed by atoms with Gasteiger partial charge in [-0.3, -0.25) is 9.78 Å². The van der Waals surface area contributed by atoms with Crippen LogP contribution in [0.25, 0.3) is 10.9 Å². The summed E-state index contributed by atoms with van der Waals surface area (Å²) >= 11 is 1.47. The molecule has 0 bridgehead atoms. The van der Waals surface area contributed by atoms with Crippen molar-refractivity contribution in [3.05, 3.63) is 88.7 Å². The number of sulfonamides is 1. The van der Waals surface area contributed by atoms with Crippen LogP contribution in [0.15, 0.2) is 83.2 Å². The number of pyridine rings is 1. The standard InChI is InChI=1S/C21H17N3O3S2/c25-21(24-17-8-9-20-15(12-17)5-2-10-22-20)16-4-1-7-19(13-16)29(26,27)23-14-18-6-3-11-28-18/h1-13,23H,14H2,(H,24,25). The topological polar surface area (TPSA) is 88.2 Å². The van der Waals surface area contributed by atoms with Crippen molar-refractivity contribution >= 4 is 43.9 Å². The average Bonchev–Trinajstić information content (AvgIpc) is 3.26. The van der Waals surface area contributed by atoms with Gasteiger partial charge in [0.2, 0.25) is 10.0 Å². The molecule has 29 heavy (non-hydrogen) atoms. The van der Waals surface area contributed by atoms with Crippen molar-refractivity contribution in [2.45, 2.75) is 11.4 Å². The predicted molar refractivity (Wildman–Crippen MR) is 114 cm³/mol. The minimum Gasteiger partial charge on any atom is -0.322 e. The Balaban J connectivity index is 1.51. The molecular formula is C21H17N3O3S2. The molecule has 6 nitrogen and oxygen atoms in total. The van der Waals surface area contributed by atoms with E-state index in [4.69, 9.17) is 0 Å². The Morgan fingerprint density at radius 1 is 1.00 bits per heavy atom. The molecular weight excluding hydrogens is 406 g/mol. The molecule has 2 aromatic carbocycles. The van der Waals surface area contributed by atoms with Crippen LogP contribution in [0.1, 0.15) is 15.2 Å². The number of amides is 1. The first-order chi connectivity index (χ1) is 14.0. The highest BCUT2D eigenvalue weighted by molar-refractivity contribution is 7.89. The summed E-state index contributed by atoms with van der Waals surface area (Å²) in [5.74, 6) is -0.386. The number of hydrogen-bond acceptors (Lipinski definition) is 5. The van der Waals surface area contributed by atoms with E-state index in [-0.39, 0.29) is 22.9 Å². The van der Waals surface area contributed by atoms with Crippen molar-refractivity contribution in [2.75, 3.05) is 5.32 Å². The number of anilines is 1. The number of fused-ring (bicyclic) bond motifs is 1. The lowest BCUT2D eigenvalue weighted by Crippen LogP contribution is -2.23. The zero-order valence-electron chi connectivity index (χ0n) is 15.2. The minimum atomic E-state index is -3.73. The second-order valence-corrected chi connectivity index (χ2v) is 9.10. The summed E-state index contributed by atoms with van der Waals surface area (Å²) in [4.78, 5) is 17.8. The van der Waals surface area contributed by atoms with Crippen molar-refractivity contribution in [2.24, 2.45) is 0 Å². The molecule has 0 aliphatic heterocycles. The summed E-state index contributed by atoms with van der Waals surface area (Å²) in [5, 5.41) is 5.59. The first-order valence-corrected chi connectivity index (χ1v) is 11.2. The Labute approximate surface area is 172 Å². The maximum atomic E-state index is 12.6. The molecule has 0 aliphatic carbocycles. The van der Waals surface area contributed by atoms with E-state index in [2.05, 4.69) is 15.0 Å². The molecule has 0 fully saturated rings. The normalized spacial score (nSPS) is 11.4. The highest BCUT2D eigenvalue weighted by Gasteiger charge is 2.16. The van der Waals surface area contributed by atoms with Gasteiger partial charge in [-0.15, -0.1) is 11.3 Å². The third kappa shape index (κ3) is 4.51. The molecule has 0 spiro atoms. The van der Waals surface area contributed by atoms with E-state index in [1.165, 1.54) is 23.5 Å². The molecule has 0 aliphatic rings. The molecule has 4 aromatic rings. The molecule has 8 heteroatoms. The molecule has 0 atom stereocenters. The van der Waals surface area contributed by atoms with Gasteiger partial charge in [0.05, 0.1) is 10.4 Å². The molecule has 4 rings (SSSR count). The first-order valence-electron chi connectivity index (χ1n) is 8.79. The zero-order chi connectivity index (χ0) is 20.3. The van der Waals surface area contributed by atoms with Gasteiger partial charge in [-0.05, 0) is 53.9 Å². The predicted octanol–water partition coefficient (Wildman–Crippen LogP) is 4.03. The largest absolute Gasteiger partial charge is 0.322 e. The summed E-state index contributed by atoms with van der Waals surface area (Å²) < 4.78 is 27.7. The highest BCUT2D eigenvalue weighted by atomic mass is 32.2. The first kappa shape index (κ1) is 19.3. The van der Waals surface area contributed by atoms with Crippen LogP contribution in [0.3, 0.4) is 0 Å². The van der Waals surface area contributed by atoms with E-state index >= 15 is 0 Å². The van der Waals surface area contributed by atoms with Crippen LogP contribution >= 0.6 is 11.3 Å². The number of thiophene rings is 1. The average molecular weight is 424 g/mol. The van der Waals surface area contributed by atoms with Crippen LogP contribution < -0.4 is 10.0 Å². The third-order valence-corrected chi connectivity index (χ3v) is 6.56. The molecule has 2 aromatic heterocycles. The van der Waals surface area contributed by atoms with Gasteiger partial charge in [0.1, 0.15) is 0 Å². The fraction of sp³-hybridized carbons (Fsp3) is 0.0476. The second kappa shape index (κ2) is 8.12. The van der Waals surface area contributed by atoms with Crippen LogP contribution in [0, 0.1) is 0 Å². The van der Waals surface area contributed by atoms with E-state index in [9.17, 15) is 13.2 Å². The number of hydrogen-bond donors (Lipinski definition) is 2. The van der Waals surface area contributed by atoms with Gasteiger partial charge in [0.25, 0.3) is 5.91 Å². The summed E-state index contributed by atoms with van der Waals surface area (Å²) in [6.45, 7) is 0.210. The molecule has 0 unspecified atom stereocenters. The van der Waals surface area contributed by atoms with E-state index in [1.54, 1.807) is 24.4 Å². The lowest BCUT2D eigenvalue weighted by atomic mass is 10.1. The Kier molecular flexibility index (Phi) is 5.39. The van der Waals surface area contributed by atoms with Crippen LogP contribution in [0.5, 0.6) is 0 Å². The van der Waals surface area contributed by atoms with Crippen LogP contribution in [0.2, 0.25) is 0 Å². The highest BCUT2D eigenvalue weighted by Crippen LogP contribution is 2.19. The fourth-order valence-electron chi connectivity index (χ4n) is 2.82. The molecule has 0 radical (unpaired) electrons. The maximum absolute atomic E-state index is 12.6. The smallest absolute Gasteiger partial charge is 0.255 e. The van der Waals surface area contributed by atoms with Crippen molar-refractivity contribution in [3.8, 4) is 0 Å². The Morgan fingerprint density at radius 2 is 1.90 bits per heavy atom. The van der Waals surface area contributed by atoms with Crippen molar-refractivity contribution in [1.29, 1.82) is 0 Å². The van der Waals surface area contributed by atoms with E-state index in [0.717, 1.165) is 15.8 Å². The van der Waals surface area contributed by atoms with Gasteiger partial charge >= 0.3 is 0 Å². The molecule has 1 amide bonds. The van der Waals surface area contributed by atoms with Gasteiger partial charge in [0.15, 0.2) is 0 Å². The number of benzene rings is 2. The number of carbonyl (C=O) groups excluding carboxylic acids is 1. The van der Waals surface area contributed by atoms with E-state index in [0.29, 0.717) is 5.69 Å². The second-order valence-electron chi connectivity index (χ2n) is 6.30. The van der Waals surface area contributed by atoms with Gasteiger partial charge in [-0.25, -0.2) is 13.1 Å². The molecule has 0 saturated carbocycles. The molecule has 2 N–H and O–H groups in total. The van der Waals surface area contributed by atoms with Crippen molar-refractivity contribution < 1.29 is 13.2 Å². The number of aromatic nitrogens is 1. The summed E-state index contributed by atoms with van der Waals surface area (Å²) in [6.07, 6.45) is 1.71. The van der Waals surface area contributed by atoms with E-state index < -0.39 is 10.0 Å².